The number of amides is 2. The number of anilines is 1. The molecular formula is C22H23FN4O3S. The average molecular weight is 443 g/mol. The summed E-state index contributed by atoms with van der Waals surface area (Å²) >= 11 is 1.27. The number of methoxy groups -OCH3 is 2. The number of likely N-dealkylation sites (tertiary alicyclic amines) is 1. The Kier molecular flexibility index (Phi) is 5.77. The highest BCUT2D eigenvalue weighted by Crippen LogP contribution is 2.42. The number of ether oxygens (including phenoxy) is 2. The van der Waals surface area contributed by atoms with E-state index in [9.17, 15) is 9.18 Å². The number of urea groups is 1. The second-order valence-electron chi connectivity index (χ2n) is 7.46. The molecule has 7 nitrogen and oxygen atoms in total. The van der Waals surface area contributed by atoms with Gasteiger partial charge in [-0.25, -0.2) is 14.2 Å². The summed E-state index contributed by atoms with van der Waals surface area (Å²) in [5.41, 5.74) is 1.28. The number of nitrogens with one attached hydrogen (secondary N) is 1. The number of carbonyl (C=O) groups is 1. The van der Waals surface area contributed by atoms with Crippen molar-refractivity contribution < 1.29 is 18.7 Å². The van der Waals surface area contributed by atoms with Gasteiger partial charge in [-0.15, -0.1) is 0 Å². The number of nitrogens with zero attached hydrogens (tertiary/aromatic N) is 3. The summed E-state index contributed by atoms with van der Waals surface area (Å²) in [6, 6.07) is 10.1. The van der Waals surface area contributed by atoms with Crippen LogP contribution in [0.4, 0.5) is 14.9 Å². The number of halogens is 1. The zero-order chi connectivity index (χ0) is 22.0. The lowest BCUT2D eigenvalue weighted by Crippen LogP contribution is -2.37. The van der Waals surface area contributed by atoms with Gasteiger partial charge in [0.2, 0.25) is 0 Å². The lowest BCUT2D eigenvalue weighted by molar-refractivity contribution is 0.220. The lowest BCUT2D eigenvalue weighted by atomic mass is 9.80. The summed E-state index contributed by atoms with van der Waals surface area (Å²) < 4.78 is 29.1. The largest absolute Gasteiger partial charge is 0.497 e. The normalized spacial score (nSPS) is 18.1. The summed E-state index contributed by atoms with van der Waals surface area (Å²) in [4.78, 5) is 19.2. The maximum atomic E-state index is 14.4. The number of aryl methyl sites for hydroxylation is 1. The molecule has 2 heterocycles. The highest BCUT2D eigenvalue weighted by molar-refractivity contribution is 7.05. The van der Waals surface area contributed by atoms with Gasteiger partial charge >= 0.3 is 6.03 Å². The highest BCUT2D eigenvalue weighted by atomic mass is 32.1. The summed E-state index contributed by atoms with van der Waals surface area (Å²) in [5.74, 6) is 0.866. The van der Waals surface area contributed by atoms with Crippen LogP contribution < -0.4 is 14.8 Å². The van der Waals surface area contributed by atoms with E-state index in [2.05, 4.69) is 14.7 Å². The molecule has 1 aliphatic heterocycles. The van der Waals surface area contributed by atoms with Gasteiger partial charge in [0.15, 0.2) is 0 Å². The van der Waals surface area contributed by atoms with E-state index < -0.39 is 5.41 Å². The minimum Gasteiger partial charge on any atom is -0.497 e. The van der Waals surface area contributed by atoms with Crippen molar-refractivity contribution in [3.05, 3.63) is 64.7 Å². The van der Waals surface area contributed by atoms with Crippen molar-refractivity contribution in [1.29, 1.82) is 0 Å². The van der Waals surface area contributed by atoms with E-state index in [0.717, 1.165) is 10.6 Å². The molecule has 1 N–H and O–H groups in total. The molecule has 3 aromatic rings. The molecule has 0 aliphatic carbocycles. The Morgan fingerprint density at radius 2 is 2.06 bits per heavy atom. The lowest BCUT2D eigenvalue weighted by Gasteiger charge is -2.28. The van der Waals surface area contributed by atoms with Crippen molar-refractivity contribution in [3.8, 4) is 11.5 Å². The van der Waals surface area contributed by atoms with Gasteiger partial charge in [0, 0.05) is 19.2 Å². The molecule has 31 heavy (non-hydrogen) atoms. The predicted molar refractivity (Wildman–Crippen MR) is 117 cm³/mol. The zero-order valence-electron chi connectivity index (χ0n) is 17.5. The molecule has 0 unspecified atom stereocenters. The van der Waals surface area contributed by atoms with Gasteiger partial charge in [-0.3, -0.25) is 0 Å². The van der Waals surface area contributed by atoms with Gasteiger partial charge in [0.1, 0.15) is 28.7 Å². The first-order valence-corrected chi connectivity index (χ1v) is 10.6. The average Bonchev–Trinajstić information content (AvgIpc) is 3.46. The Morgan fingerprint density at radius 3 is 2.74 bits per heavy atom. The van der Waals surface area contributed by atoms with Crippen LogP contribution in [0.5, 0.6) is 11.5 Å². The van der Waals surface area contributed by atoms with E-state index >= 15 is 0 Å². The third-order valence-corrected chi connectivity index (χ3v) is 6.57. The summed E-state index contributed by atoms with van der Waals surface area (Å²) in [5, 5.41) is 3.68. The van der Waals surface area contributed by atoms with E-state index in [-0.39, 0.29) is 11.8 Å². The molecule has 4 rings (SSSR count). The summed E-state index contributed by atoms with van der Waals surface area (Å²) in [7, 11) is 3.10. The molecule has 0 bridgehead atoms. The molecule has 1 aromatic heterocycles. The minimum absolute atomic E-state index is 0.273. The monoisotopic (exact) mass is 442 g/mol. The standard InChI is InChI=1S/C22H23FN4O3S/c1-14-4-5-15(10-17(14)23)22(20-24-13-25-31-20)8-9-27(12-22)21(28)26-18-11-16(29-2)6-7-19(18)30-3/h4-7,10-11,13H,8-9,12H2,1-3H3,(H,26,28)/t22-/m0/s1. The van der Waals surface area contributed by atoms with Crippen LogP contribution in [-0.2, 0) is 5.41 Å². The fourth-order valence-electron chi connectivity index (χ4n) is 3.90. The van der Waals surface area contributed by atoms with Crippen molar-refractivity contribution in [2.45, 2.75) is 18.8 Å². The molecule has 1 atom stereocenters. The van der Waals surface area contributed by atoms with Crippen molar-refractivity contribution in [3.63, 3.8) is 0 Å². The van der Waals surface area contributed by atoms with E-state index in [4.69, 9.17) is 9.47 Å². The van der Waals surface area contributed by atoms with Gasteiger partial charge in [-0.1, -0.05) is 12.1 Å². The Hall–Kier alpha value is -3.20. The molecule has 0 saturated carbocycles. The van der Waals surface area contributed by atoms with Crippen LogP contribution in [0.25, 0.3) is 0 Å². The van der Waals surface area contributed by atoms with Crippen molar-refractivity contribution in [1.82, 2.24) is 14.3 Å². The molecule has 1 aliphatic rings. The third kappa shape index (κ3) is 3.93. The van der Waals surface area contributed by atoms with Crippen LogP contribution in [0.3, 0.4) is 0 Å². The smallest absolute Gasteiger partial charge is 0.321 e. The zero-order valence-corrected chi connectivity index (χ0v) is 18.3. The fraction of sp³-hybridized carbons (Fsp3) is 0.318. The maximum Gasteiger partial charge on any atom is 0.321 e. The Bertz CT molecular complexity index is 1090. The first-order chi connectivity index (χ1) is 15.0. The summed E-state index contributed by atoms with van der Waals surface area (Å²) in [6.45, 7) is 2.59. The molecule has 2 aromatic carbocycles. The first kappa shape index (κ1) is 21.0. The molecule has 2 amide bonds. The Morgan fingerprint density at radius 1 is 1.23 bits per heavy atom. The van der Waals surface area contributed by atoms with Crippen molar-refractivity contribution in [2.24, 2.45) is 0 Å². The second kappa shape index (κ2) is 8.50. The van der Waals surface area contributed by atoms with Gasteiger partial charge in [0.05, 0.1) is 25.3 Å². The van der Waals surface area contributed by atoms with Gasteiger partial charge in [0.25, 0.3) is 0 Å². The number of hydrogen-bond acceptors (Lipinski definition) is 6. The quantitative estimate of drug-likeness (QED) is 0.640. The van der Waals surface area contributed by atoms with Gasteiger partial charge in [-0.05, 0) is 54.2 Å². The van der Waals surface area contributed by atoms with Crippen LogP contribution in [0, 0.1) is 12.7 Å². The molecule has 1 saturated heterocycles. The molecular weight excluding hydrogens is 419 g/mol. The van der Waals surface area contributed by atoms with Crippen LogP contribution in [0.2, 0.25) is 0 Å². The molecule has 1 fully saturated rings. The predicted octanol–water partition coefficient (Wildman–Crippen LogP) is 4.23. The fourth-order valence-corrected chi connectivity index (χ4v) is 4.64. The van der Waals surface area contributed by atoms with Gasteiger partial charge in [-0.2, -0.15) is 4.37 Å². The van der Waals surface area contributed by atoms with E-state index in [1.807, 2.05) is 6.07 Å². The third-order valence-electron chi connectivity index (χ3n) is 5.70. The van der Waals surface area contributed by atoms with Crippen LogP contribution in [-0.4, -0.2) is 47.6 Å². The van der Waals surface area contributed by atoms with E-state index in [1.165, 1.54) is 17.9 Å². The second-order valence-corrected chi connectivity index (χ2v) is 8.24. The molecule has 162 valence electrons. The van der Waals surface area contributed by atoms with Crippen LogP contribution in [0.15, 0.2) is 42.7 Å². The number of rotatable bonds is 5. The van der Waals surface area contributed by atoms with Crippen molar-refractivity contribution in [2.75, 3.05) is 32.6 Å². The van der Waals surface area contributed by atoms with E-state index in [0.29, 0.717) is 42.3 Å². The number of carbonyl (C=O) groups excluding carboxylic acids is 1. The van der Waals surface area contributed by atoms with Crippen LogP contribution >= 0.6 is 11.5 Å². The van der Waals surface area contributed by atoms with Crippen LogP contribution in [0.1, 0.15) is 22.6 Å². The Balaban J connectivity index is 1.62. The molecule has 9 heteroatoms. The molecule has 0 spiro atoms. The number of hydrogen-bond donors (Lipinski definition) is 1. The Labute approximate surface area is 184 Å². The SMILES string of the molecule is COc1ccc(OC)c(NC(=O)N2CC[C@](c3ccc(C)c(F)c3)(c3ncns3)C2)c1. The molecule has 0 radical (unpaired) electrons. The summed E-state index contributed by atoms with van der Waals surface area (Å²) in [6.07, 6.45) is 2.11. The number of aromatic nitrogens is 2. The van der Waals surface area contributed by atoms with Gasteiger partial charge < -0.3 is 19.7 Å². The van der Waals surface area contributed by atoms with Crippen molar-refractivity contribution >= 4 is 23.3 Å². The highest BCUT2D eigenvalue weighted by Gasteiger charge is 2.45. The topological polar surface area (TPSA) is 76.6 Å². The maximum absolute atomic E-state index is 14.4. The van der Waals surface area contributed by atoms with E-state index in [1.54, 1.807) is 56.4 Å². The minimum atomic E-state index is -0.606. The number of benzene rings is 2. The first-order valence-electron chi connectivity index (χ1n) is 9.78.